The molecule has 5 heterocycles. The molecule has 4 nitrogen and oxygen atoms in total. The normalized spacial score (nSPS) is 12.5. The van der Waals surface area contributed by atoms with Crippen molar-refractivity contribution in [2.24, 2.45) is 0 Å². The van der Waals surface area contributed by atoms with Crippen LogP contribution >= 0.6 is 0 Å². The molecule has 5 heteroatoms. The molecule has 8 bridgehead atoms. The number of unbranched alkanes of at least 4 members (excludes halogenated alkanes) is 2. The minimum atomic E-state index is 0. The van der Waals surface area contributed by atoms with E-state index in [-0.39, 0.29) is 16.5 Å². The Labute approximate surface area is 309 Å². The Morgan fingerprint density at radius 1 is 0.549 bits per heavy atom. The maximum Gasteiger partial charge on any atom is 2.00 e. The van der Waals surface area contributed by atoms with E-state index >= 15 is 0 Å². The predicted molar refractivity (Wildman–Crippen MR) is 211 cm³/mol. The Balaban J connectivity index is 0.00000374. The summed E-state index contributed by atoms with van der Waals surface area (Å²) in [6, 6.07) is 35.0. The Hall–Kier alpha value is -4.99. The zero-order valence-electron chi connectivity index (χ0n) is 29.6. The second-order valence-corrected chi connectivity index (χ2v) is 13.9. The maximum absolute atomic E-state index is 5.41. The van der Waals surface area contributed by atoms with Gasteiger partial charge in [-0.1, -0.05) is 129 Å². The van der Waals surface area contributed by atoms with Crippen molar-refractivity contribution < 1.29 is 16.5 Å². The van der Waals surface area contributed by atoms with E-state index in [4.69, 9.17) is 19.9 Å². The minimum Gasteiger partial charge on any atom is -0.657 e. The molecule has 3 aromatic heterocycles. The van der Waals surface area contributed by atoms with E-state index in [1.54, 1.807) is 0 Å². The van der Waals surface area contributed by atoms with Crippen molar-refractivity contribution >= 4 is 65.5 Å². The molecule has 0 saturated carbocycles. The number of hydrogen-bond donors (Lipinski definition) is 0. The maximum atomic E-state index is 5.41. The molecule has 0 fully saturated rings. The number of rotatable bonds is 6. The molecule has 7 aromatic rings. The van der Waals surface area contributed by atoms with Crippen molar-refractivity contribution in [1.29, 1.82) is 0 Å². The topological polar surface area (TPSA) is 54.0 Å². The van der Waals surface area contributed by atoms with Gasteiger partial charge in [-0.3, -0.25) is 0 Å². The summed E-state index contributed by atoms with van der Waals surface area (Å²) in [5, 5.41) is 7.08. The zero-order valence-corrected chi connectivity index (χ0v) is 30.6. The number of nitrogens with zero attached hydrogens (tertiary/aromatic N) is 4. The van der Waals surface area contributed by atoms with Crippen LogP contribution in [0.4, 0.5) is 0 Å². The van der Waals surface area contributed by atoms with Crippen LogP contribution in [-0.4, -0.2) is 9.97 Å². The fourth-order valence-corrected chi connectivity index (χ4v) is 8.07. The molecular weight excluding hydrogens is 667 g/mol. The second kappa shape index (κ2) is 13.3. The largest absolute Gasteiger partial charge is 2.00 e. The third-order valence-corrected chi connectivity index (χ3v) is 10.8. The first kappa shape index (κ1) is 33.2. The number of aromatic nitrogens is 4. The van der Waals surface area contributed by atoms with Gasteiger partial charge in [0.05, 0.1) is 22.8 Å². The van der Waals surface area contributed by atoms with Gasteiger partial charge in [0.2, 0.25) is 0 Å². The summed E-state index contributed by atoms with van der Waals surface area (Å²) in [5.41, 5.74) is 15.2. The Bertz CT molecular complexity index is 2710. The minimum absolute atomic E-state index is 0. The first-order valence-corrected chi connectivity index (χ1v) is 18.2. The van der Waals surface area contributed by atoms with Crippen LogP contribution in [0.25, 0.3) is 88.0 Å². The average Bonchev–Trinajstić information content (AvgIpc) is 3.84. The van der Waals surface area contributed by atoms with Crippen molar-refractivity contribution in [1.82, 2.24) is 19.9 Å². The Morgan fingerprint density at radius 2 is 1.18 bits per heavy atom. The number of benzene rings is 4. The standard InChI is InChI=1S/C46H40N4.Ni/c1-5-7-15-31-27(3)37-23-41-35-21-19-29-13-9-11-17-33(29)45(35)43(49-41)26-44-46-34-18-12-10-14-30(34)20-22-36(46)42(50-44)24-38-28(4)32(16-8-6-2)40(48-38)25-39(31)47-37;/h9-14,17-26H,5-8,15-16H2,1-4H3;/q-2;+2. The molecule has 0 radical (unpaired) electrons. The molecule has 0 unspecified atom stereocenters. The molecule has 254 valence electrons. The summed E-state index contributed by atoms with van der Waals surface area (Å²) < 4.78 is 0. The summed E-state index contributed by atoms with van der Waals surface area (Å²) in [6.07, 6.45) is 6.51. The summed E-state index contributed by atoms with van der Waals surface area (Å²) in [6.45, 7) is 8.98. The Morgan fingerprint density at radius 3 is 1.98 bits per heavy atom. The second-order valence-electron chi connectivity index (χ2n) is 13.9. The van der Waals surface area contributed by atoms with Crippen molar-refractivity contribution in [2.45, 2.75) is 66.2 Å². The predicted octanol–water partition coefficient (Wildman–Crippen LogP) is 12.1. The van der Waals surface area contributed by atoms with Crippen LogP contribution in [0.1, 0.15) is 75.4 Å². The monoisotopic (exact) mass is 706 g/mol. The van der Waals surface area contributed by atoms with Crippen molar-refractivity contribution in [3.63, 3.8) is 0 Å². The molecule has 2 aliphatic heterocycles. The van der Waals surface area contributed by atoms with Gasteiger partial charge in [0.15, 0.2) is 0 Å². The van der Waals surface area contributed by atoms with Crippen molar-refractivity contribution in [3.05, 3.63) is 120 Å². The quantitative estimate of drug-likeness (QED) is 0.162. The third-order valence-electron chi connectivity index (χ3n) is 10.8. The summed E-state index contributed by atoms with van der Waals surface area (Å²) >= 11 is 0. The number of fused-ring (bicyclic) bond motifs is 18. The van der Waals surface area contributed by atoms with Gasteiger partial charge in [-0.25, -0.2) is 9.97 Å². The van der Waals surface area contributed by atoms with Crippen LogP contribution in [0.3, 0.4) is 0 Å². The molecule has 51 heavy (non-hydrogen) atoms. The molecule has 9 rings (SSSR count). The van der Waals surface area contributed by atoms with Gasteiger partial charge in [0.1, 0.15) is 0 Å². The number of aryl methyl sites for hydroxylation is 2. The summed E-state index contributed by atoms with van der Waals surface area (Å²) in [4.78, 5) is 21.5. The molecule has 0 atom stereocenters. The van der Waals surface area contributed by atoms with Crippen LogP contribution in [0.15, 0.2) is 97.1 Å². The van der Waals surface area contributed by atoms with E-state index in [9.17, 15) is 0 Å². The molecular formula is C46H40N4Ni. The molecule has 0 amide bonds. The molecule has 0 aliphatic carbocycles. The van der Waals surface area contributed by atoms with Crippen LogP contribution in [0, 0.1) is 6.92 Å². The van der Waals surface area contributed by atoms with E-state index in [1.165, 1.54) is 43.8 Å². The van der Waals surface area contributed by atoms with Gasteiger partial charge in [-0.15, -0.1) is 22.1 Å². The van der Waals surface area contributed by atoms with E-state index in [0.29, 0.717) is 0 Å². The van der Waals surface area contributed by atoms with E-state index in [0.717, 1.165) is 105 Å². The molecule has 4 aromatic carbocycles. The molecule has 0 saturated heterocycles. The fraction of sp³-hybridized carbons (Fsp3) is 0.217. The van der Waals surface area contributed by atoms with E-state index in [1.807, 2.05) is 0 Å². The molecule has 2 aliphatic rings. The first-order chi connectivity index (χ1) is 24.5. The van der Waals surface area contributed by atoms with Crippen LogP contribution in [0.2, 0.25) is 0 Å². The Kier molecular flexibility index (Phi) is 8.64. The van der Waals surface area contributed by atoms with E-state index in [2.05, 4.69) is 125 Å². The zero-order chi connectivity index (χ0) is 33.9. The number of allylic oxidation sites excluding steroid dienone is 2. The van der Waals surface area contributed by atoms with Gasteiger partial charge in [0.25, 0.3) is 0 Å². The van der Waals surface area contributed by atoms with Crippen LogP contribution in [0.5, 0.6) is 0 Å². The summed E-state index contributed by atoms with van der Waals surface area (Å²) in [5.74, 6) is 0. The fourth-order valence-electron chi connectivity index (χ4n) is 8.07. The van der Waals surface area contributed by atoms with Crippen molar-refractivity contribution in [3.8, 4) is 22.5 Å². The first-order valence-electron chi connectivity index (χ1n) is 18.2. The molecule has 0 spiro atoms. The summed E-state index contributed by atoms with van der Waals surface area (Å²) in [7, 11) is 0. The van der Waals surface area contributed by atoms with Crippen LogP contribution < -0.4 is 9.97 Å². The van der Waals surface area contributed by atoms with E-state index < -0.39 is 0 Å². The van der Waals surface area contributed by atoms with Gasteiger partial charge in [-0.05, 0) is 89.1 Å². The van der Waals surface area contributed by atoms with Crippen molar-refractivity contribution in [2.75, 3.05) is 0 Å². The van der Waals surface area contributed by atoms with Gasteiger partial charge in [0, 0.05) is 11.1 Å². The van der Waals surface area contributed by atoms with Gasteiger partial charge < -0.3 is 9.97 Å². The van der Waals surface area contributed by atoms with Gasteiger partial charge in [-0.2, -0.15) is 0 Å². The number of hydrogen-bond acceptors (Lipinski definition) is 2. The SMILES string of the molecule is CCCCC1=C(C)c2cc3[n-]c(cc4nc(cc5[n-]c(cc1n2)c(CCCC)c5C)-c1ccc2ccccc2c1-4)c1c2ccccc2ccc31.[Ni+2]. The average molecular weight is 708 g/mol. The third kappa shape index (κ3) is 5.50. The smallest absolute Gasteiger partial charge is 0.657 e. The van der Waals surface area contributed by atoms with Gasteiger partial charge >= 0.3 is 16.5 Å². The molecule has 0 N–H and O–H groups in total. The van der Waals surface area contributed by atoms with Crippen LogP contribution in [-0.2, 0) is 22.9 Å².